The van der Waals surface area contributed by atoms with Crippen molar-refractivity contribution in [3.63, 3.8) is 0 Å². The average molecular weight is 340 g/mol. The lowest BCUT2D eigenvalue weighted by Crippen LogP contribution is -2.29. The van der Waals surface area contributed by atoms with E-state index >= 15 is 0 Å². The molecule has 0 bridgehead atoms. The number of rotatable bonds is 5. The number of ether oxygens (including phenoxy) is 1. The van der Waals surface area contributed by atoms with E-state index in [1.807, 2.05) is 12.1 Å². The Morgan fingerprint density at radius 3 is 2.71 bits per heavy atom. The zero-order chi connectivity index (χ0) is 16.9. The number of hydrogen-bond donors (Lipinski definition) is 0. The molecular weight excluding hydrogens is 316 g/mol. The van der Waals surface area contributed by atoms with Crippen LogP contribution in [-0.2, 0) is 0 Å². The molecule has 3 rings (SSSR count). The van der Waals surface area contributed by atoms with Gasteiger partial charge in [0.25, 0.3) is 0 Å². The lowest BCUT2D eigenvalue weighted by atomic mass is 10.0. The molecule has 0 saturated heterocycles. The highest BCUT2D eigenvalue weighted by molar-refractivity contribution is 7.97. The van der Waals surface area contributed by atoms with Gasteiger partial charge < -0.3 is 9.64 Å². The first-order valence-electron chi connectivity index (χ1n) is 8.25. The molecule has 0 aromatic heterocycles. The fourth-order valence-electron chi connectivity index (χ4n) is 2.96. The second kappa shape index (κ2) is 7.77. The van der Waals surface area contributed by atoms with E-state index in [2.05, 4.69) is 59.2 Å². The highest BCUT2D eigenvalue weighted by Gasteiger charge is 2.21. The van der Waals surface area contributed by atoms with Crippen molar-refractivity contribution in [3.8, 4) is 16.9 Å². The van der Waals surface area contributed by atoms with Crippen LogP contribution in [0.1, 0.15) is 6.42 Å². The van der Waals surface area contributed by atoms with E-state index in [0.717, 1.165) is 37.4 Å². The Morgan fingerprint density at radius 2 is 2.00 bits per heavy atom. The highest BCUT2D eigenvalue weighted by Crippen LogP contribution is 2.42. The fraction of sp³-hybridized carbons (Fsp3) is 0.300. The van der Waals surface area contributed by atoms with Crippen LogP contribution in [0.3, 0.4) is 0 Å². The van der Waals surface area contributed by atoms with Crippen LogP contribution in [0.5, 0.6) is 5.75 Å². The Morgan fingerprint density at radius 1 is 1.21 bits per heavy atom. The van der Waals surface area contributed by atoms with Crippen LogP contribution in [0.4, 0.5) is 5.69 Å². The molecule has 0 aliphatic carbocycles. The molecule has 0 N–H and O–H groups in total. The number of methoxy groups -OCH3 is 1. The first-order chi connectivity index (χ1) is 11.7. The van der Waals surface area contributed by atoms with Crippen molar-refractivity contribution in [2.75, 3.05) is 38.7 Å². The minimum atomic E-state index is 0.923. The Balaban J connectivity index is 2.09. The predicted molar refractivity (Wildman–Crippen MR) is 104 cm³/mol. The number of fused-ring (bicyclic) bond motifs is 1. The van der Waals surface area contributed by atoms with Crippen molar-refractivity contribution in [1.82, 2.24) is 4.31 Å². The van der Waals surface area contributed by atoms with Gasteiger partial charge in [-0.25, -0.2) is 4.31 Å². The third-order valence-corrected chi connectivity index (χ3v) is 5.27. The summed E-state index contributed by atoms with van der Waals surface area (Å²) in [5, 5.41) is 0. The first-order valence-corrected chi connectivity index (χ1v) is 9.02. The van der Waals surface area contributed by atoms with E-state index in [1.165, 1.54) is 16.1 Å². The van der Waals surface area contributed by atoms with Crippen molar-refractivity contribution >= 4 is 17.6 Å². The average Bonchev–Trinajstić information content (AvgIpc) is 2.77. The van der Waals surface area contributed by atoms with Gasteiger partial charge in [0.2, 0.25) is 0 Å². The molecule has 2 aromatic rings. The van der Waals surface area contributed by atoms with Gasteiger partial charge in [-0.15, -0.1) is 6.58 Å². The van der Waals surface area contributed by atoms with Crippen molar-refractivity contribution in [2.45, 2.75) is 11.3 Å². The van der Waals surface area contributed by atoms with E-state index in [0.29, 0.717) is 0 Å². The minimum absolute atomic E-state index is 0.923. The molecule has 1 aliphatic heterocycles. The molecule has 2 aromatic carbocycles. The quantitative estimate of drug-likeness (QED) is 0.579. The van der Waals surface area contributed by atoms with Gasteiger partial charge in [0.05, 0.1) is 17.7 Å². The monoisotopic (exact) mass is 340 g/mol. The molecule has 0 fully saturated rings. The van der Waals surface area contributed by atoms with Crippen LogP contribution < -0.4 is 9.64 Å². The topological polar surface area (TPSA) is 15.7 Å². The maximum absolute atomic E-state index is 5.69. The van der Waals surface area contributed by atoms with Crippen LogP contribution in [0.15, 0.2) is 60.0 Å². The van der Waals surface area contributed by atoms with Gasteiger partial charge in [0.1, 0.15) is 5.75 Å². The van der Waals surface area contributed by atoms with Gasteiger partial charge in [-0.1, -0.05) is 36.4 Å². The molecule has 24 heavy (non-hydrogen) atoms. The summed E-state index contributed by atoms with van der Waals surface area (Å²) in [5.41, 5.74) is 3.61. The molecule has 3 nitrogen and oxygen atoms in total. The molecule has 1 heterocycles. The zero-order valence-electron chi connectivity index (χ0n) is 14.4. The number of benzene rings is 2. The smallest absolute Gasteiger partial charge is 0.128 e. The van der Waals surface area contributed by atoms with Gasteiger partial charge in [0, 0.05) is 25.2 Å². The first kappa shape index (κ1) is 16.9. The maximum Gasteiger partial charge on any atom is 0.128 e. The Kier molecular flexibility index (Phi) is 5.48. The largest absolute Gasteiger partial charge is 0.496 e. The molecule has 0 unspecified atom stereocenters. The maximum atomic E-state index is 5.69. The third-order valence-electron chi connectivity index (χ3n) is 4.25. The molecular formula is C20H24N2OS. The third kappa shape index (κ3) is 3.60. The van der Waals surface area contributed by atoms with Gasteiger partial charge in [-0.2, -0.15) is 0 Å². The molecule has 126 valence electrons. The van der Waals surface area contributed by atoms with Gasteiger partial charge in [0.15, 0.2) is 0 Å². The SMILES string of the molecule is C=CCCN1CCN(C)Sc2cc(OC)c(-c3ccccc3)cc21. The predicted octanol–water partition coefficient (Wildman–Crippen LogP) is 4.70. The van der Waals surface area contributed by atoms with Crippen LogP contribution in [0, 0.1) is 0 Å². The summed E-state index contributed by atoms with van der Waals surface area (Å²) in [6, 6.07) is 14.9. The summed E-state index contributed by atoms with van der Waals surface area (Å²) in [7, 11) is 3.89. The Bertz CT molecular complexity index is 702. The van der Waals surface area contributed by atoms with Crippen molar-refractivity contribution in [3.05, 3.63) is 55.1 Å². The molecule has 0 spiro atoms. The van der Waals surface area contributed by atoms with Gasteiger partial charge in [-0.05, 0) is 43.1 Å². The zero-order valence-corrected chi connectivity index (χ0v) is 15.2. The highest BCUT2D eigenvalue weighted by atomic mass is 32.2. The molecule has 1 aliphatic rings. The standard InChI is InChI=1S/C20H24N2OS/c1-4-5-11-22-13-12-21(2)24-20-15-19(23-3)17(14-18(20)22)16-9-7-6-8-10-16/h4,6-10,14-15H,1,5,11-13H2,2-3H3. The normalized spacial score (nSPS) is 14.8. The Hall–Kier alpha value is -1.91. The second-order valence-corrected chi connectivity index (χ2v) is 7.14. The summed E-state index contributed by atoms with van der Waals surface area (Å²) in [6.07, 6.45) is 2.98. The fourth-order valence-corrected chi connectivity index (χ4v) is 3.91. The van der Waals surface area contributed by atoms with Crippen LogP contribution in [-0.4, -0.2) is 38.1 Å². The molecule has 0 radical (unpaired) electrons. The van der Waals surface area contributed by atoms with Gasteiger partial charge in [-0.3, -0.25) is 0 Å². The summed E-state index contributed by atoms with van der Waals surface area (Å²) < 4.78 is 7.98. The van der Waals surface area contributed by atoms with Crippen LogP contribution >= 0.6 is 11.9 Å². The van der Waals surface area contributed by atoms with Crippen molar-refractivity contribution < 1.29 is 4.74 Å². The summed E-state index contributed by atoms with van der Waals surface area (Å²) >= 11 is 1.79. The summed E-state index contributed by atoms with van der Waals surface area (Å²) in [6.45, 7) is 6.91. The van der Waals surface area contributed by atoms with Crippen LogP contribution in [0.2, 0.25) is 0 Å². The van der Waals surface area contributed by atoms with E-state index in [4.69, 9.17) is 4.74 Å². The number of likely N-dealkylation sites (N-methyl/N-ethyl adjacent to an activating group) is 1. The summed E-state index contributed by atoms with van der Waals surface area (Å²) in [5.74, 6) is 0.923. The van der Waals surface area contributed by atoms with E-state index in [9.17, 15) is 0 Å². The van der Waals surface area contributed by atoms with Crippen LogP contribution in [0.25, 0.3) is 11.1 Å². The molecule has 4 heteroatoms. The second-order valence-electron chi connectivity index (χ2n) is 5.89. The number of nitrogens with zero attached hydrogens (tertiary/aromatic N) is 2. The number of hydrogen-bond acceptors (Lipinski definition) is 4. The molecule has 0 amide bonds. The van der Waals surface area contributed by atoms with E-state index in [1.54, 1.807) is 19.1 Å². The lowest BCUT2D eigenvalue weighted by molar-refractivity contribution is 0.415. The minimum Gasteiger partial charge on any atom is -0.496 e. The van der Waals surface area contributed by atoms with Gasteiger partial charge >= 0.3 is 0 Å². The lowest BCUT2D eigenvalue weighted by Gasteiger charge is -2.25. The molecule has 0 atom stereocenters. The summed E-state index contributed by atoms with van der Waals surface area (Å²) in [4.78, 5) is 3.70. The van der Waals surface area contributed by atoms with Crippen molar-refractivity contribution in [1.29, 1.82) is 0 Å². The van der Waals surface area contributed by atoms with E-state index < -0.39 is 0 Å². The van der Waals surface area contributed by atoms with Crippen molar-refractivity contribution in [2.24, 2.45) is 0 Å². The Labute approximate surface area is 149 Å². The molecule has 0 saturated carbocycles. The number of anilines is 1. The van der Waals surface area contributed by atoms with E-state index in [-0.39, 0.29) is 0 Å².